The third-order valence-corrected chi connectivity index (χ3v) is 5.63. The van der Waals surface area contributed by atoms with E-state index < -0.39 is 25.5 Å². The molecule has 0 bridgehead atoms. The summed E-state index contributed by atoms with van der Waals surface area (Å²) in [7, 11) is -4.16. The van der Waals surface area contributed by atoms with Crippen molar-refractivity contribution in [3.8, 4) is 12.3 Å². The molecular weight excluding hydrogens is 380 g/mol. The van der Waals surface area contributed by atoms with Crippen molar-refractivity contribution >= 4 is 26.6 Å². The summed E-state index contributed by atoms with van der Waals surface area (Å²) in [5, 5.41) is 13.6. The number of fused-ring (bicyclic) bond motifs is 1. The molecule has 0 aliphatic carbocycles. The van der Waals surface area contributed by atoms with Gasteiger partial charge in [-0.05, 0) is 24.1 Å². The minimum atomic E-state index is -4.16. The highest BCUT2D eigenvalue weighted by atomic mass is 32.2. The average molecular weight is 398 g/mol. The van der Waals surface area contributed by atoms with Crippen LogP contribution in [0.5, 0.6) is 0 Å². The Morgan fingerprint density at radius 1 is 1.18 bits per heavy atom. The second-order valence-electron chi connectivity index (χ2n) is 6.05. The van der Waals surface area contributed by atoms with Crippen LogP contribution < -0.4 is 4.83 Å². The zero-order chi connectivity index (χ0) is 20.1. The zero-order valence-electron chi connectivity index (χ0n) is 14.8. The molecule has 0 aliphatic rings. The molecule has 0 fully saturated rings. The van der Waals surface area contributed by atoms with E-state index in [1.807, 2.05) is 30.5 Å². The summed E-state index contributed by atoms with van der Waals surface area (Å²) in [6.45, 7) is 0.314. The third kappa shape index (κ3) is 4.20. The fourth-order valence-electron chi connectivity index (χ4n) is 2.92. The Morgan fingerprint density at radius 2 is 1.89 bits per heavy atom. The van der Waals surface area contributed by atoms with Crippen molar-refractivity contribution in [2.24, 2.45) is 0 Å². The van der Waals surface area contributed by atoms with Gasteiger partial charge in [-0.3, -0.25) is 10.1 Å². The molecule has 3 rings (SSSR count). The largest absolute Gasteiger partial charge is 0.361 e. The van der Waals surface area contributed by atoms with Gasteiger partial charge in [0, 0.05) is 29.7 Å². The Kier molecular flexibility index (Phi) is 5.75. The number of hydrogen-bond acceptors (Lipinski definition) is 5. The van der Waals surface area contributed by atoms with E-state index in [1.165, 1.54) is 23.2 Å². The van der Waals surface area contributed by atoms with Crippen LogP contribution in [0.4, 0.5) is 5.69 Å². The molecule has 0 saturated heterocycles. The summed E-state index contributed by atoms with van der Waals surface area (Å²) in [6.07, 6.45) is 7.77. The summed E-state index contributed by atoms with van der Waals surface area (Å²) in [5.41, 5.74) is 1.51. The van der Waals surface area contributed by atoms with Gasteiger partial charge in [-0.25, -0.2) is 13.4 Å². The van der Waals surface area contributed by atoms with Gasteiger partial charge in [0.15, 0.2) is 4.90 Å². The maximum Gasteiger partial charge on any atom is 0.289 e. The number of H-pyrrole nitrogens is 1. The van der Waals surface area contributed by atoms with Crippen molar-refractivity contribution in [2.45, 2.75) is 11.3 Å². The number of benzene rings is 2. The Bertz CT molecular complexity index is 1150. The standard InChI is InChI=1S/C19H18N4O4S/c1-2-12-22(13-11-15-14-20-17-8-4-3-7-16(15)17)21-28(26,27)19-10-6-5-9-18(19)23(24)25/h1,3-10,14,20-21H,11-13H2. The lowest BCUT2D eigenvalue weighted by atomic mass is 10.1. The second-order valence-corrected chi connectivity index (χ2v) is 7.68. The molecule has 1 aromatic heterocycles. The Balaban J connectivity index is 1.79. The van der Waals surface area contributed by atoms with Crippen LogP contribution in [0.1, 0.15) is 5.56 Å². The number of hydrogen-bond donors (Lipinski definition) is 2. The highest BCUT2D eigenvalue weighted by Crippen LogP contribution is 2.23. The molecule has 0 atom stereocenters. The normalized spacial score (nSPS) is 11.6. The smallest absolute Gasteiger partial charge is 0.289 e. The van der Waals surface area contributed by atoms with E-state index in [1.54, 1.807) is 0 Å². The van der Waals surface area contributed by atoms with Crippen LogP contribution in [0.15, 0.2) is 59.6 Å². The number of nitro groups is 1. The second kappa shape index (κ2) is 8.22. The first-order chi connectivity index (χ1) is 13.4. The van der Waals surface area contributed by atoms with Gasteiger partial charge >= 0.3 is 0 Å². The quantitative estimate of drug-likeness (QED) is 0.344. The van der Waals surface area contributed by atoms with Gasteiger partial charge in [-0.2, -0.15) is 0 Å². The molecule has 9 heteroatoms. The highest BCUT2D eigenvalue weighted by Gasteiger charge is 2.26. The van der Waals surface area contributed by atoms with E-state index in [4.69, 9.17) is 6.42 Å². The van der Waals surface area contributed by atoms with Gasteiger partial charge in [0.2, 0.25) is 0 Å². The predicted molar refractivity (Wildman–Crippen MR) is 106 cm³/mol. The van der Waals surface area contributed by atoms with E-state index in [2.05, 4.69) is 15.7 Å². The van der Waals surface area contributed by atoms with Crippen molar-refractivity contribution in [2.75, 3.05) is 13.1 Å². The lowest BCUT2D eigenvalue weighted by molar-refractivity contribution is -0.387. The fourth-order valence-corrected chi connectivity index (χ4v) is 4.19. The van der Waals surface area contributed by atoms with Crippen LogP contribution in [0.2, 0.25) is 0 Å². The SMILES string of the molecule is C#CCN(CCc1c[nH]c2ccccc12)NS(=O)(=O)c1ccccc1[N+](=O)[O-]. The van der Waals surface area contributed by atoms with Gasteiger partial charge in [-0.15, -0.1) is 11.3 Å². The van der Waals surface area contributed by atoms with Gasteiger partial charge in [0.05, 0.1) is 11.5 Å². The molecule has 28 heavy (non-hydrogen) atoms. The molecule has 2 aromatic carbocycles. The summed E-state index contributed by atoms with van der Waals surface area (Å²) >= 11 is 0. The van der Waals surface area contributed by atoms with Crippen molar-refractivity contribution < 1.29 is 13.3 Å². The number of aromatic amines is 1. The molecule has 0 saturated carbocycles. The van der Waals surface area contributed by atoms with Crippen molar-refractivity contribution in [1.29, 1.82) is 0 Å². The Hall–Kier alpha value is -3.19. The monoisotopic (exact) mass is 398 g/mol. The fraction of sp³-hybridized carbons (Fsp3) is 0.158. The summed E-state index contributed by atoms with van der Waals surface area (Å²) in [6, 6.07) is 13.0. The van der Waals surface area contributed by atoms with Gasteiger partial charge < -0.3 is 4.98 Å². The maximum absolute atomic E-state index is 12.7. The van der Waals surface area contributed by atoms with Gasteiger partial charge in [0.25, 0.3) is 15.7 Å². The van der Waals surface area contributed by atoms with Crippen molar-refractivity contribution in [1.82, 2.24) is 14.8 Å². The van der Waals surface area contributed by atoms with E-state index in [9.17, 15) is 18.5 Å². The molecular formula is C19H18N4O4S. The van der Waals surface area contributed by atoms with E-state index >= 15 is 0 Å². The van der Waals surface area contributed by atoms with E-state index in [0.717, 1.165) is 22.5 Å². The molecule has 0 spiro atoms. The van der Waals surface area contributed by atoms with E-state index in [-0.39, 0.29) is 6.54 Å². The molecule has 144 valence electrons. The topological polar surface area (TPSA) is 108 Å². The number of terminal acetylenes is 1. The number of nitrogens with one attached hydrogen (secondary N) is 2. The first-order valence-corrected chi connectivity index (χ1v) is 9.90. The maximum atomic E-state index is 12.7. The van der Waals surface area contributed by atoms with Crippen LogP contribution in [0.25, 0.3) is 10.9 Å². The molecule has 0 amide bonds. The molecule has 2 N–H and O–H groups in total. The van der Waals surface area contributed by atoms with E-state index in [0.29, 0.717) is 13.0 Å². The Morgan fingerprint density at radius 3 is 2.64 bits per heavy atom. The van der Waals surface area contributed by atoms with Crippen molar-refractivity contribution in [3.05, 3.63) is 70.4 Å². The van der Waals surface area contributed by atoms with Crippen LogP contribution in [0.3, 0.4) is 0 Å². The molecule has 8 nitrogen and oxygen atoms in total. The number of para-hydroxylation sites is 2. The number of aromatic nitrogens is 1. The minimum absolute atomic E-state index is 0.0161. The van der Waals surface area contributed by atoms with Gasteiger partial charge in [-0.1, -0.05) is 36.3 Å². The number of nitro benzene ring substituents is 1. The lowest BCUT2D eigenvalue weighted by Crippen LogP contribution is -2.43. The molecule has 0 unspecified atom stereocenters. The molecule has 3 aromatic rings. The summed E-state index contributed by atoms with van der Waals surface area (Å²) < 4.78 is 25.4. The minimum Gasteiger partial charge on any atom is -0.361 e. The summed E-state index contributed by atoms with van der Waals surface area (Å²) in [4.78, 5) is 15.5. The first kappa shape index (κ1) is 19.6. The average Bonchev–Trinajstić information content (AvgIpc) is 3.09. The number of nitrogens with zero attached hydrogens (tertiary/aromatic N) is 2. The van der Waals surface area contributed by atoms with Crippen LogP contribution >= 0.6 is 0 Å². The molecule has 0 radical (unpaired) electrons. The lowest BCUT2D eigenvalue weighted by Gasteiger charge is -2.20. The molecule has 0 aliphatic heterocycles. The highest BCUT2D eigenvalue weighted by molar-refractivity contribution is 7.89. The Labute approximate surface area is 162 Å². The third-order valence-electron chi connectivity index (χ3n) is 4.21. The van der Waals surface area contributed by atoms with Crippen molar-refractivity contribution in [3.63, 3.8) is 0 Å². The summed E-state index contributed by atoms with van der Waals surface area (Å²) in [5.74, 6) is 2.40. The number of sulfonamides is 1. The molecule has 1 heterocycles. The van der Waals surface area contributed by atoms with Gasteiger partial charge in [0.1, 0.15) is 0 Å². The number of rotatable bonds is 8. The van der Waals surface area contributed by atoms with Crippen LogP contribution in [-0.4, -0.2) is 36.4 Å². The van der Waals surface area contributed by atoms with Crippen LogP contribution in [0, 0.1) is 22.5 Å². The predicted octanol–water partition coefficient (Wildman–Crippen LogP) is 2.45. The van der Waals surface area contributed by atoms with Crippen LogP contribution in [-0.2, 0) is 16.4 Å². The first-order valence-electron chi connectivity index (χ1n) is 8.41. The zero-order valence-corrected chi connectivity index (χ0v) is 15.6. The number of hydrazine groups is 1.